The third-order valence-electron chi connectivity index (χ3n) is 2.37. The number of nitrogens with one attached hydrogen (secondary N) is 1. The molecule has 0 amide bonds. The molecule has 6 nitrogen and oxygen atoms in total. The number of halogens is 1. The highest BCUT2D eigenvalue weighted by atomic mass is 35.7. The maximum absolute atomic E-state index is 11.9. The minimum Gasteiger partial charge on any atom is -0.405 e. The summed E-state index contributed by atoms with van der Waals surface area (Å²) in [6.45, 7) is -0.0495. The molecular weight excluding hydrogens is 317 g/mol. The van der Waals surface area contributed by atoms with Gasteiger partial charge in [0.2, 0.25) is 0 Å². The van der Waals surface area contributed by atoms with Crippen LogP contribution < -0.4 is 10.0 Å². The first kappa shape index (κ1) is 18.0. The van der Waals surface area contributed by atoms with Crippen molar-refractivity contribution in [1.82, 2.24) is 5.48 Å². The fourth-order valence-electron chi connectivity index (χ4n) is 1.26. The summed E-state index contributed by atoms with van der Waals surface area (Å²) in [6.07, 6.45) is 1.84. The normalized spacial score (nSPS) is 15.0. The van der Waals surface area contributed by atoms with Crippen LogP contribution in [0.5, 0.6) is 5.75 Å². The van der Waals surface area contributed by atoms with Crippen LogP contribution in [0.25, 0.3) is 0 Å². The number of benzene rings is 1. The van der Waals surface area contributed by atoms with Crippen LogP contribution in [-0.4, -0.2) is 18.6 Å². The molecule has 21 heavy (non-hydrogen) atoms. The quantitative estimate of drug-likeness (QED) is 0.421. The van der Waals surface area contributed by atoms with E-state index in [1.807, 2.05) is 6.92 Å². The number of para-hydroxylation sites is 1. The van der Waals surface area contributed by atoms with Gasteiger partial charge in [-0.1, -0.05) is 31.5 Å². The fourth-order valence-corrected chi connectivity index (χ4v) is 2.49. The molecule has 1 unspecified atom stereocenters. The second-order valence-electron chi connectivity index (χ2n) is 4.29. The number of carbonyl (C=O) groups is 1. The predicted octanol–water partition coefficient (Wildman–Crippen LogP) is 3.67. The Kier molecular flexibility index (Phi) is 7.75. The Bertz CT molecular complexity index is 485. The minimum absolute atomic E-state index is 0.253. The highest BCUT2D eigenvalue weighted by molar-refractivity contribution is 7.82. The van der Waals surface area contributed by atoms with E-state index in [0.29, 0.717) is 6.61 Å². The number of rotatable bonds is 9. The van der Waals surface area contributed by atoms with Gasteiger partial charge in [0.1, 0.15) is 11.8 Å². The monoisotopic (exact) mass is 335 g/mol. The lowest BCUT2D eigenvalue weighted by molar-refractivity contribution is -0.140. The second-order valence-corrected chi connectivity index (χ2v) is 6.76. The van der Waals surface area contributed by atoms with Gasteiger partial charge in [0.05, 0.1) is 6.61 Å². The Balaban J connectivity index is 2.43. The molecule has 1 aromatic carbocycles. The Hall–Kier alpha value is -1.07. The molecule has 118 valence electrons. The van der Waals surface area contributed by atoms with E-state index in [1.54, 1.807) is 30.3 Å². The summed E-state index contributed by atoms with van der Waals surface area (Å²) in [5.74, 6) is -0.566. The molecule has 0 fully saturated rings. The smallest absolute Gasteiger partial charge is 0.405 e. The maximum atomic E-state index is 11.9. The predicted molar refractivity (Wildman–Crippen MR) is 80.1 cm³/mol. The molecule has 1 rings (SSSR count). The zero-order valence-corrected chi connectivity index (χ0v) is 13.6. The van der Waals surface area contributed by atoms with Crippen LogP contribution in [0.1, 0.15) is 26.7 Å². The first-order valence-corrected chi connectivity index (χ1v) is 9.04. The molecule has 0 heterocycles. The summed E-state index contributed by atoms with van der Waals surface area (Å²) >= 11 is 5.62. The van der Waals surface area contributed by atoms with Gasteiger partial charge < -0.3 is 13.9 Å². The Morgan fingerprint density at radius 3 is 2.67 bits per heavy atom. The number of unbranched alkanes of at least 4 members (excludes halogenated alkanes) is 1. The van der Waals surface area contributed by atoms with E-state index < -0.39 is 19.0 Å². The largest absolute Gasteiger partial charge is 0.532 e. The van der Waals surface area contributed by atoms with E-state index in [4.69, 9.17) is 20.6 Å². The van der Waals surface area contributed by atoms with E-state index in [-0.39, 0.29) is 5.75 Å². The zero-order valence-electron chi connectivity index (χ0n) is 12.0. The first-order chi connectivity index (χ1) is 9.94. The van der Waals surface area contributed by atoms with Gasteiger partial charge in [-0.3, -0.25) is 0 Å². The van der Waals surface area contributed by atoms with Crippen molar-refractivity contribution in [2.24, 2.45) is 0 Å². The molecule has 0 saturated heterocycles. The van der Waals surface area contributed by atoms with Crippen molar-refractivity contribution in [3.8, 4) is 5.75 Å². The van der Waals surface area contributed by atoms with Gasteiger partial charge >= 0.3 is 12.9 Å². The van der Waals surface area contributed by atoms with Crippen LogP contribution in [0.2, 0.25) is 0 Å². The van der Waals surface area contributed by atoms with Crippen LogP contribution in [0.3, 0.4) is 0 Å². The van der Waals surface area contributed by atoms with Gasteiger partial charge in [0.25, 0.3) is 0 Å². The molecule has 0 bridgehead atoms. The number of hydrogen-bond donors (Lipinski definition) is 1. The zero-order chi connectivity index (χ0) is 15.7. The molecule has 0 radical (unpaired) electrons. The van der Waals surface area contributed by atoms with Crippen molar-refractivity contribution in [3.63, 3.8) is 0 Å². The SMILES string of the molecule is CCCCON[C@@H](C)C(=O)OP(=O)(Cl)Oc1ccccc1. The van der Waals surface area contributed by atoms with Crippen molar-refractivity contribution in [2.45, 2.75) is 32.7 Å². The van der Waals surface area contributed by atoms with Crippen molar-refractivity contribution in [1.29, 1.82) is 0 Å². The van der Waals surface area contributed by atoms with E-state index >= 15 is 0 Å². The summed E-state index contributed by atoms with van der Waals surface area (Å²) in [4.78, 5) is 16.8. The van der Waals surface area contributed by atoms with Gasteiger partial charge in [-0.15, -0.1) is 0 Å². The van der Waals surface area contributed by atoms with Gasteiger partial charge in [0.15, 0.2) is 0 Å². The second kappa shape index (κ2) is 9.05. The van der Waals surface area contributed by atoms with E-state index in [2.05, 4.69) is 10.0 Å². The van der Waals surface area contributed by atoms with E-state index in [1.165, 1.54) is 6.92 Å². The maximum Gasteiger partial charge on any atom is 0.532 e. The molecule has 0 aliphatic rings. The molecule has 0 aliphatic carbocycles. The summed E-state index contributed by atoms with van der Waals surface area (Å²) in [5.41, 5.74) is 2.49. The van der Waals surface area contributed by atoms with Crippen molar-refractivity contribution >= 4 is 24.2 Å². The average molecular weight is 336 g/mol. The van der Waals surface area contributed by atoms with Crippen LogP contribution in [0.4, 0.5) is 0 Å². The van der Waals surface area contributed by atoms with Gasteiger partial charge in [-0.2, -0.15) is 5.48 Å². The molecule has 0 aromatic heterocycles. The van der Waals surface area contributed by atoms with Crippen molar-refractivity contribution < 1.29 is 23.2 Å². The minimum atomic E-state index is -4.04. The average Bonchev–Trinajstić information content (AvgIpc) is 2.43. The topological polar surface area (TPSA) is 73.9 Å². The number of hydroxylamine groups is 1. The molecule has 1 aromatic rings. The third kappa shape index (κ3) is 7.48. The van der Waals surface area contributed by atoms with Crippen molar-refractivity contribution in [3.05, 3.63) is 30.3 Å². The lowest BCUT2D eigenvalue weighted by Crippen LogP contribution is -2.35. The Labute approximate surface area is 129 Å². The molecule has 0 saturated carbocycles. The lowest BCUT2D eigenvalue weighted by atomic mass is 10.3. The molecule has 1 N–H and O–H groups in total. The van der Waals surface area contributed by atoms with Crippen LogP contribution in [0, 0.1) is 0 Å². The summed E-state index contributed by atoms with van der Waals surface area (Å²) in [5, 5.41) is 0. The van der Waals surface area contributed by atoms with E-state index in [0.717, 1.165) is 12.8 Å². The number of hydrogen-bond acceptors (Lipinski definition) is 6. The number of carbonyl (C=O) groups excluding carboxylic acids is 1. The lowest BCUT2D eigenvalue weighted by Gasteiger charge is -2.16. The summed E-state index contributed by atoms with van der Waals surface area (Å²) < 4.78 is 21.6. The van der Waals surface area contributed by atoms with Crippen molar-refractivity contribution in [2.75, 3.05) is 6.61 Å². The molecule has 0 spiro atoms. The van der Waals surface area contributed by atoms with Crippen LogP contribution >= 0.6 is 18.2 Å². The van der Waals surface area contributed by atoms with Gasteiger partial charge in [-0.05, 0) is 25.5 Å². The van der Waals surface area contributed by atoms with Crippen LogP contribution in [0.15, 0.2) is 30.3 Å². The Morgan fingerprint density at radius 1 is 1.38 bits per heavy atom. The molecule has 8 heteroatoms. The highest BCUT2D eigenvalue weighted by Crippen LogP contribution is 2.53. The standard InChI is InChI=1S/C13H19ClNO5P/c1-3-4-10-18-15-11(2)13(16)20-21(14,17)19-12-8-6-5-7-9-12/h5-9,11,15H,3-4,10H2,1-2H3/t11-,21?/m0/s1. The fraction of sp³-hybridized carbons (Fsp3) is 0.462. The van der Waals surface area contributed by atoms with Gasteiger partial charge in [-0.25, -0.2) is 9.36 Å². The molecular formula is C13H19ClNO5P. The van der Waals surface area contributed by atoms with Crippen LogP contribution in [-0.2, 0) is 18.7 Å². The third-order valence-corrected chi connectivity index (χ3v) is 3.61. The Morgan fingerprint density at radius 2 is 2.05 bits per heavy atom. The van der Waals surface area contributed by atoms with E-state index in [9.17, 15) is 9.36 Å². The highest BCUT2D eigenvalue weighted by Gasteiger charge is 2.30. The van der Waals surface area contributed by atoms with Gasteiger partial charge in [0, 0.05) is 11.2 Å². The molecule has 2 atom stereocenters. The molecule has 0 aliphatic heterocycles. The summed E-state index contributed by atoms with van der Waals surface area (Å²) in [6, 6.07) is 7.42. The summed E-state index contributed by atoms with van der Waals surface area (Å²) in [7, 11) is 0. The first-order valence-electron chi connectivity index (χ1n) is 6.59.